The van der Waals surface area contributed by atoms with Gasteiger partial charge in [-0.15, -0.1) is 0 Å². The van der Waals surface area contributed by atoms with Gasteiger partial charge in [-0.1, -0.05) is 31.2 Å². The molecule has 2 aromatic rings. The van der Waals surface area contributed by atoms with Crippen LogP contribution in [0.15, 0.2) is 48.5 Å². The summed E-state index contributed by atoms with van der Waals surface area (Å²) in [6.45, 7) is 1.90. The molecule has 0 aliphatic heterocycles. The molecule has 2 rings (SSSR count). The summed E-state index contributed by atoms with van der Waals surface area (Å²) < 4.78 is 18.9. The second-order valence-corrected chi connectivity index (χ2v) is 3.39. The lowest BCUT2D eigenvalue weighted by Crippen LogP contribution is -1.89. The molecular weight excluding hydrogens is 203 g/mol. The maximum atomic E-state index is 13.5. The minimum absolute atomic E-state index is 0.252. The van der Waals surface area contributed by atoms with Crippen molar-refractivity contribution in [2.24, 2.45) is 0 Å². The molecule has 16 heavy (non-hydrogen) atoms. The highest BCUT2D eigenvalue weighted by Crippen LogP contribution is 2.25. The molecule has 2 heteroatoms. The Morgan fingerprint density at radius 2 is 1.81 bits per heavy atom. The number of ether oxygens (including phenoxy) is 1. The molecule has 81 valence electrons. The Balaban J connectivity index is 2.27. The van der Waals surface area contributed by atoms with Gasteiger partial charge in [0.2, 0.25) is 0 Å². The molecule has 1 radical (unpaired) electrons. The van der Waals surface area contributed by atoms with Crippen molar-refractivity contribution in [2.75, 3.05) is 0 Å². The largest absolute Gasteiger partial charge is 0.454 e. The lowest BCUT2D eigenvalue weighted by atomic mass is 10.1. The van der Waals surface area contributed by atoms with Gasteiger partial charge in [-0.05, 0) is 36.2 Å². The summed E-state index contributed by atoms with van der Waals surface area (Å²) in [6, 6.07) is 14.0. The van der Waals surface area contributed by atoms with Crippen molar-refractivity contribution in [3.8, 4) is 11.5 Å². The normalized spacial score (nSPS) is 10.1. The summed E-state index contributed by atoms with van der Waals surface area (Å²) in [5.74, 6) is 0.533. The minimum atomic E-state index is -0.352. The molecule has 0 fully saturated rings. The van der Waals surface area contributed by atoms with Crippen molar-refractivity contribution in [2.45, 2.75) is 6.92 Å². The van der Waals surface area contributed by atoms with Crippen LogP contribution in [-0.4, -0.2) is 0 Å². The minimum Gasteiger partial charge on any atom is -0.454 e. The predicted molar refractivity (Wildman–Crippen MR) is 62.0 cm³/mol. The number of para-hydroxylation sites is 1. The first kappa shape index (κ1) is 10.7. The second kappa shape index (κ2) is 4.79. The number of rotatable bonds is 3. The quantitative estimate of drug-likeness (QED) is 0.745. The van der Waals surface area contributed by atoms with Crippen LogP contribution in [0.2, 0.25) is 0 Å². The third-order valence-corrected chi connectivity index (χ3v) is 2.26. The zero-order valence-corrected chi connectivity index (χ0v) is 8.98. The van der Waals surface area contributed by atoms with Gasteiger partial charge >= 0.3 is 0 Å². The van der Waals surface area contributed by atoms with Crippen molar-refractivity contribution in [1.82, 2.24) is 0 Å². The van der Waals surface area contributed by atoms with Gasteiger partial charge < -0.3 is 4.74 Å². The number of halogens is 1. The number of hydrogen-bond acceptors (Lipinski definition) is 1. The second-order valence-electron chi connectivity index (χ2n) is 3.39. The van der Waals surface area contributed by atoms with Crippen molar-refractivity contribution in [3.05, 3.63) is 66.3 Å². The van der Waals surface area contributed by atoms with E-state index >= 15 is 0 Å². The molecule has 0 heterocycles. The SMILES string of the molecule is C[CH]c1ccc(F)c(Oc2ccccc2)c1. The summed E-state index contributed by atoms with van der Waals surface area (Å²) in [7, 11) is 0. The Morgan fingerprint density at radius 1 is 1.06 bits per heavy atom. The lowest BCUT2D eigenvalue weighted by Gasteiger charge is -2.07. The Morgan fingerprint density at radius 3 is 2.50 bits per heavy atom. The van der Waals surface area contributed by atoms with E-state index in [0.717, 1.165) is 5.56 Å². The highest BCUT2D eigenvalue weighted by Gasteiger charge is 2.05. The van der Waals surface area contributed by atoms with Crippen LogP contribution in [0.4, 0.5) is 4.39 Å². The Hall–Kier alpha value is -1.83. The van der Waals surface area contributed by atoms with Gasteiger partial charge in [0.1, 0.15) is 5.75 Å². The number of hydrogen-bond donors (Lipinski definition) is 0. The molecule has 2 aromatic carbocycles. The van der Waals surface area contributed by atoms with E-state index in [1.54, 1.807) is 24.3 Å². The Labute approximate surface area is 94.5 Å². The van der Waals surface area contributed by atoms with E-state index in [1.165, 1.54) is 6.07 Å². The van der Waals surface area contributed by atoms with Crippen LogP contribution in [0.3, 0.4) is 0 Å². The van der Waals surface area contributed by atoms with E-state index in [1.807, 2.05) is 31.5 Å². The van der Waals surface area contributed by atoms with E-state index in [0.29, 0.717) is 5.75 Å². The zero-order chi connectivity index (χ0) is 11.4. The van der Waals surface area contributed by atoms with Crippen LogP contribution in [0.5, 0.6) is 11.5 Å². The molecule has 0 saturated carbocycles. The monoisotopic (exact) mass is 215 g/mol. The topological polar surface area (TPSA) is 9.23 Å². The summed E-state index contributed by atoms with van der Waals surface area (Å²) in [5.41, 5.74) is 0.937. The fraction of sp³-hybridized carbons (Fsp3) is 0.0714. The molecule has 0 amide bonds. The van der Waals surface area contributed by atoms with Gasteiger partial charge in [0.05, 0.1) is 0 Å². The predicted octanol–water partition coefficient (Wildman–Crippen LogP) is 4.19. The van der Waals surface area contributed by atoms with Crippen LogP contribution < -0.4 is 4.74 Å². The maximum Gasteiger partial charge on any atom is 0.165 e. The fourth-order valence-electron chi connectivity index (χ4n) is 1.39. The first-order valence-electron chi connectivity index (χ1n) is 5.11. The average molecular weight is 215 g/mol. The Bertz CT molecular complexity index is 465. The molecular formula is C14H12FO. The lowest BCUT2D eigenvalue weighted by molar-refractivity contribution is 0.442. The van der Waals surface area contributed by atoms with Crippen LogP contribution in [0.25, 0.3) is 0 Å². The van der Waals surface area contributed by atoms with Crippen LogP contribution in [0.1, 0.15) is 12.5 Å². The standard InChI is InChI=1S/C14H12FO/c1-2-11-8-9-13(15)14(10-11)16-12-6-4-3-5-7-12/h2-10H,1H3. The molecule has 0 aromatic heterocycles. The van der Waals surface area contributed by atoms with Crippen LogP contribution in [0, 0.1) is 12.2 Å². The molecule has 0 atom stereocenters. The van der Waals surface area contributed by atoms with Crippen LogP contribution >= 0.6 is 0 Å². The van der Waals surface area contributed by atoms with E-state index in [9.17, 15) is 4.39 Å². The van der Waals surface area contributed by atoms with Crippen molar-refractivity contribution >= 4 is 0 Å². The molecule has 0 N–H and O–H groups in total. The molecule has 0 aliphatic carbocycles. The summed E-state index contributed by atoms with van der Waals surface area (Å²) in [5, 5.41) is 0. The van der Waals surface area contributed by atoms with Gasteiger partial charge in [-0.25, -0.2) is 4.39 Å². The van der Waals surface area contributed by atoms with Crippen molar-refractivity contribution < 1.29 is 9.13 Å². The fourth-order valence-corrected chi connectivity index (χ4v) is 1.39. The van der Waals surface area contributed by atoms with Crippen molar-refractivity contribution in [3.63, 3.8) is 0 Å². The third kappa shape index (κ3) is 2.40. The molecule has 0 spiro atoms. The van der Waals surface area contributed by atoms with Crippen molar-refractivity contribution in [1.29, 1.82) is 0 Å². The first-order chi connectivity index (χ1) is 7.79. The summed E-state index contributed by atoms with van der Waals surface area (Å²) in [6.07, 6.45) is 1.90. The first-order valence-corrected chi connectivity index (χ1v) is 5.11. The smallest absolute Gasteiger partial charge is 0.165 e. The van der Waals surface area contributed by atoms with Crippen LogP contribution in [-0.2, 0) is 0 Å². The van der Waals surface area contributed by atoms with E-state index in [2.05, 4.69) is 0 Å². The molecule has 0 saturated heterocycles. The van der Waals surface area contributed by atoms with Gasteiger partial charge in [0.25, 0.3) is 0 Å². The van der Waals surface area contributed by atoms with E-state index in [-0.39, 0.29) is 11.6 Å². The van der Waals surface area contributed by atoms with Gasteiger partial charge in [-0.2, -0.15) is 0 Å². The van der Waals surface area contributed by atoms with E-state index < -0.39 is 0 Å². The maximum absolute atomic E-state index is 13.5. The van der Waals surface area contributed by atoms with Gasteiger partial charge in [0.15, 0.2) is 11.6 Å². The Kier molecular flexibility index (Phi) is 3.20. The molecule has 0 unspecified atom stereocenters. The highest BCUT2D eigenvalue weighted by atomic mass is 19.1. The summed E-state index contributed by atoms with van der Waals surface area (Å²) in [4.78, 5) is 0. The third-order valence-electron chi connectivity index (χ3n) is 2.26. The number of benzene rings is 2. The average Bonchev–Trinajstić information content (AvgIpc) is 2.33. The summed E-state index contributed by atoms with van der Waals surface area (Å²) >= 11 is 0. The van der Waals surface area contributed by atoms with Gasteiger partial charge in [0, 0.05) is 0 Å². The van der Waals surface area contributed by atoms with E-state index in [4.69, 9.17) is 4.74 Å². The van der Waals surface area contributed by atoms with Gasteiger partial charge in [-0.3, -0.25) is 0 Å². The highest BCUT2D eigenvalue weighted by molar-refractivity contribution is 5.37. The zero-order valence-electron chi connectivity index (χ0n) is 8.98. The molecule has 0 aliphatic rings. The molecule has 1 nitrogen and oxygen atoms in total. The molecule has 0 bridgehead atoms.